The van der Waals surface area contributed by atoms with Gasteiger partial charge in [0.1, 0.15) is 0 Å². The number of nitrogens with zero attached hydrogens (tertiary/aromatic N) is 1. The number of carbonyl (C=O) groups is 1. The maximum atomic E-state index is 12.8. The molecule has 2 aliphatic heterocycles. The quantitative estimate of drug-likeness (QED) is 0.691. The van der Waals surface area contributed by atoms with Crippen LogP contribution in [0, 0.1) is 0 Å². The number of hydrogen-bond acceptors (Lipinski definition) is 4. The second-order valence-corrected chi connectivity index (χ2v) is 7.34. The van der Waals surface area contributed by atoms with Crippen molar-refractivity contribution >= 4 is 5.91 Å². The molecule has 8 heteroatoms. The molecule has 0 unspecified atom stereocenters. The van der Waals surface area contributed by atoms with Crippen LogP contribution in [0.2, 0.25) is 0 Å². The third kappa shape index (κ3) is 5.73. The van der Waals surface area contributed by atoms with E-state index in [1.165, 1.54) is 12.1 Å². The molecule has 2 aliphatic rings. The van der Waals surface area contributed by atoms with E-state index in [-0.39, 0.29) is 24.2 Å². The van der Waals surface area contributed by atoms with E-state index in [9.17, 15) is 18.0 Å². The number of unbranched alkanes of at least 4 members (excludes halogenated alkanes) is 1. The summed E-state index contributed by atoms with van der Waals surface area (Å²) in [6.07, 6.45) is 0.195. The Morgan fingerprint density at radius 2 is 1.86 bits per heavy atom. The van der Waals surface area contributed by atoms with Gasteiger partial charge < -0.3 is 19.5 Å². The molecule has 3 rings (SSSR count). The third-order valence-corrected chi connectivity index (χ3v) is 5.18. The summed E-state index contributed by atoms with van der Waals surface area (Å²) in [6.45, 7) is 1.79. The van der Waals surface area contributed by atoms with Crippen molar-refractivity contribution in [2.45, 2.75) is 50.5 Å². The van der Waals surface area contributed by atoms with Crippen molar-refractivity contribution in [1.29, 1.82) is 0 Å². The molecule has 1 N–H and O–H groups in total. The highest BCUT2D eigenvalue weighted by atomic mass is 19.4. The monoisotopic (exact) mass is 413 g/mol. The first-order valence-corrected chi connectivity index (χ1v) is 9.96. The van der Waals surface area contributed by atoms with E-state index in [1.807, 2.05) is 0 Å². The summed E-state index contributed by atoms with van der Waals surface area (Å²) in [4.78, 5) is 14.5. The zero-order valence-corrected chi connectivity index (χ0v) is 16.2. The van der Waals surface area contributed by atoms with Gasteiger partial charge >= 0.3 is 6.18 Å². The van der Waals surface area contributed by atoms with Crippen LogP contribution in [0.1, 0.15) is 49.1 Å². The van der Waals surface area contributed by atoms with Crippen molar-refractivity contribution in [3.8, 4) is 0 Å². The number of allylic oxidation sites excluding steroid dienone is 1. The fourth-order valence-corrected chi connectivity index (χ4v) is 3.57. The lowest BCUT2D eigenvalue weighted by molar-refractivity contribution is -0.152. The summed E-state index contributed by atoms with van der Waals surface area (Å²) in [7, 11) is 0. The molecule has 1 aromatic rings. The number of aliphatic hydroxyl groups is 1. The predicted molar refractivity (Wildman–Crippen MR) is 99.8 cm³/mol. The van der Waals surface area contributed by atoms with Crippen molar-refractivity contribution in [1.82, 2.24) is 4.90 Å². The third-order valence-electron chi connectivity index (χ3n) is 5.18. The molecule has 1 aromatic carbocycles. The minimum Gasteiger partial charge on any atom is -0.459 e. The molecule has 0 aromatic heterocycles. The number of amides is 1. The second kappa shape index (κ2) is 9.63. The lowest BCUT2D eigenvalue weighted by atomic mass is 9.92. The van der Waals surface area contributed by atoms with Gasteiger partial charge in [0, 0.05) is 32.0 Å². The highest BCUT2D eigenvalue weighted by Crippen LogP contribution is 2.35. The van der Waals surface area contributed by atoms with Crippen LogP contribution in [-0.4, -0.2) is 48.5 Å². The molecule has 0 radical (unpaired) electrons. The van der Waals surface area contributed by atoms with E-state index < -0.39 is 18.0 Å². The Hall–Kier alpha value is -2.06. The Morgan fingerprint density at radius 3 is 2.48 bits per heavy atom. The molecule has 5 nitrogen and oxygen atoms in total. The zero-order valence-electron chi connectivity index (χ0n) is 16.2. The molecule has 1 fully saturated rings. The van der Waals surface area contributed by atoms with Crippen LogP contribution in [0.25, 0.3) is 0 Å². The number of benzene rings is 1. The lowest BCUT2D eigenvalue weighted by Crippen LogP contribution is -2.35. The van der Waals surface area contributed by atoms with E-state index in [4.69, 9.17) is 14.6 Å². The molecule has 0 bridgehead atoms. The van der Waals surface area contributed by atoms with Gasteiger partial charge in [-0.25, -0.2) is 0 Å². The molecule has 1 saturated heterocycles. The summed E-state index contributed by atoms with van der Waals surface area (Å²) in [5.74, 6) is -0.297. The minimum atomic E-state index is -4.39. The minimum absolute atomic E-state index is 0.0711. The van der Waals surface area contributed by atoms with Crippen LogP contribution < -0.4 is 0 Å². The van der Waals surface area contributed by atoms with Gasteiger partial charge in [-0.15, -0.1) is 0 Å². The number of carbonyl (C=O) groups excluding carboxylic acids is 1. The Bertz CT molecular complexity index is 712. The number of rotatable bonds is 7. The van der Waals surface area contributed by atoms with Gasteiger partial charge in [-0.3, -0.25) is 4.79 Å². The molecule has 2 atom stereocenters. The fraction of sp³-hybridized carbons (Fsp3) is 0.571. The van der Waals surface area contributed by atoms with Crippen LogP contribution >= 0.6 is 0 Å². The molecule has 160 valence electrons. The molecule has 0 aliphatic carbocycles. The summed E-state index contributed by atoms with van der Waals surface area (Å²) in [5, 5.41) is 8.88. The Morgan fingerprint density at radius 1 is 1.17 bits per heavy atom. The number of ether oxygens (including phenoxy) is 2. The number of hydrogen-bond donors (Lipinski definition) is 1. The molecule has 29 heavy (non-hydrogen) atoms. The van der Waals surface area contributed by atoms with E-state index in [0.717, 1.165) is 25.0 Å². The van der Waals surface area contributed by atoms with Gasteiger partial charge in [0.15, 0.2) is 5.76 Å². The topological polar surface area (TPSA) is 59.0 Å². The van der Waals surface area contributed by atoms with Crippen molar-refractivity contribution in [2.75, 3.05) is 26.3 Å². The standard InChI is InChI=1S/C21H26F3NO4/c22-21(23,24)17-7-5-15(6-8-17)16-13-18(20(27)25-9-1-2-10-25)29-19(14-16)28-12-4-3-11-26/h5-8,13,16,19,26H,1-4,9-12,14H2/t16-,19+/m1/s1. The maximum Gasteiger partial charge on any atom is 0.416 e. The second-order valence-electron chi connectivity index (χ2n) is 7.34. The van der Waals surface area contributed by atoms with Gasteiger partial charge in [0.25, 0.3) is 5.91 Å². The SMILES string of the molecule is O=C(C1=C[C@@H](c2ccc(C(F)(F)F)cc2)C[C@@H](OCCCCO)O1)N1CCCC1. The van der Waals surface area contributed by atoms with E-state index in [2.05, 4.69) is 0 Å². The average molecular weight is 413 g/mol. The van der Waals surface area contributed by atoms with Crippen LogP contribution in [0.4, 0.5) is 13.2 Å². The van der Waals surface area contributed by atoms with Gasteiger partial charge in [0.2, 0.25) is 6.29 Å². The van der Waals surface area contributed by atoms with E-state index in [1.54, 1.807) is 11.0 Å². The first kappa shape index (κ1) is 21.6. The molecule has 2 heterocycles. The number of alkyl halides is 3. The highest BCUT2D eigenvalue weighted by molar-refractivity contribution is 5.92. The molecule has 0 saturated carbocycles. The van der Waals surface area contributed by atoms with Crippen LogP contribution in [-0.2, 0) is 20.4 Å². The van der Waals surface area contributed by atoms with Crippen molar-refractivity contribution < 1.29 is 32.5 Å². The smallest absolute Gasteiger partial charge is 0.416 e. The molecular formula is C21H26F3NO4. The van der Waals surface area contributed by atoms with Crippen LogP contribution in [0.5, 0.6) is 0 Å². The Kier molecular flexibility index (Phi) is 7.18. The van der Waals surface area contributed by atoms with Crippen molar-refractivity contribution in [3.05, 3.63) is 47.2 Å². The fourth-order valence-electron chi connectivity index (χ4n) is 3.57. The van der Waals surface area contributed by atoms with Gasteiger partial charge in [-0.1, -0.05) is 12.1 Å². The van der Waals surface area contributed by atoms with Gasteiger partial charge in [-0.05, 0) is 49.5 Å². The predicted octanol–water partition coefficient (Wildman–Crippen LogP) is 3.83. The van der Waals surface area contributed by atoms with Gasteiger partial charge in [-0.2, -0.15) is 13.2 Å². The first-order valence-electron chi connectivity index (χ1n) is 9.96. The highest BCUT2D eigenvalue weighted by Gasteiger charge is 2.33. The summed E-state index contributed by atoms with van der Waals surface area (Å²) in [5.41, 5.74) is -0.0283. The average Bonchev–Trinajstić information content (AvgIpc) is 3.25. The summed E-state index contributed by atoms with van der Waals surface area (Å²) >= 11 is 0. The molecule has 0 spiro atoms. The Balaban J connectivity index is 1.77. The maximum absolute atomic E-state index is 12.8. The lowest BCUT2D eigenvalue weighted by Gasteiger charge is -2.31. The number of likely N-dealkylation sites (tertiary alicyclic amines) is 1. The van der Waals surface area contributed by atoms with E-state index >= 15 is 0 Å². The number of aliphatic hydroxyl groups excluding tert-OH is 1. The van der Waals surface area contributed by atoms with E-state index in [0.29, 0.717) is 44.5 Å². The largest absolute Gasteiger partial charge is 0.459 e. The van der Waals surface area contributed by atoms with Crippen molar-refractivity contribution in [3.63, 3.8) is 0 Å². The Labute approximate surface area is 168 Å². The zero-order chi connectivity index (χ0) is 20.9. The summed E-state index contributed by atoms with van der Waals surface area (Å²) < 4.78 is 50.0. The van der Waals surface area contributed by atoms with Gasteiger partial charge in [0.05, 0.1) is 12.2 Å². The molecule has 1 amide bonds. The summed E-state index contributed by atoms with van der Waals surface area (Å²) in [6, 6.07) is 4.99. The first-order chi connectivity index (χ1) is 13.9. The van der Waals surface area contributed by atoms with Crippen LogP contribution in [0.3, 0.4) is 0 Å². The molecular weight excluding hydrogens is 387 g/mol. The number of halogens is 3. The van der Waals surface area contributed by atoms with Crippen LogP contribution in [0.15, 0.2) is 36.1 Å². The normalized spacial score (nSPS) is 22.3. The van der Waals surface area contributed by atoms with Crippen molar-refractivity contribution in [2.24, 2.45) is 0 Å².